The van der Waals surface area contributed by atoms with E-state index < -0.39 is 5.41 Å². The van der Waals surface area contributed by atoms with E-state index in [1.807, 2.05) is 62.1 Å². The Morgan fingerprint density at radius 2 is 1.71 bits per heavy atom. The lowest BCUT2D eigenvalue weighted by molar-refractivity contribution is -0.123. The van der Waals surface area contributed by atoms with Gasteiger partial charge in [0.15, 0.2) is 0 Å². The number of rotatable bonds is 3. The van der Waals surface area contributed by atoms with Crippen molar-refractivity contribution in [1.82, 2.24) is 9.80 Å². The number of hydrogen-bond donors (Lipinski definition) is 1. The number of hydrogen-bond acceptors (Lipinski definition) is 3. The van der Waals surface area contributed by atoms with Crippen LogP contribution in [-0.2, 0) is 4.79 Å². The summed E-state index contributed by atoms with van der Waals surface area (Å²) >= 11 is 0. The van der Waals surface area contributed by atoms with Gasteiger partial charge in [0.25, 0.3) is 5.91 Å². The highest BCUT2D eigenvalue weighted by atomic mass is 16.2. The van der Waals surface area contributed by atoms with Gasteiger partial charge in [-0.15, -0.1) is 0 Å². The molecule has 0 aliphatic carbocycles. The van der Waals surface area contributed by atoms with E-state index in [1.165, 1.54) is 0 Å². The third-order valence-electron chi connectivity index (χ3n) is 5.08. The molecule has 5 nitrogen and oxygen atoms in total. The minimum Gasteiger partial charge on any atom is -0.329 e. The van der Waals surface area contributed by atoms with Crippen LogP contribution in [0.1, 0.15) is 42.7 Å². The maximum atomic E-state index is 13.3. The van der Waals surface area contributed by atoms with Crippen molar-refractivity contribution in [3.8, 4) is 0 Å². The largest absolute Gasteiger partial charge is 0.329 e. The van der Waals surface area contributed by atoms with Crippen LogP contribution < -0.4 is 5.32 Å². The van der Waals surface area contributed by atoms with Gasteiger partial charge in [0.05, 0.1) is 6.04 Å². The molecule has 0 radical (unpaired) electrons. The Morgan fingerprint density at radius 1 is 1.00 bits per heavy atom. The quantitative estimate of drug-likeness (QED) is 0.883. The number of carbonyl (C=O) groups is 2. The van der Waals surface area contributed by atoms with E-state index in [9.17, 15) is 9.59 Å². The highest BCUT2D eigenvalue weighted by molar-refractivity contribution is 5.98. The van der Waals surface area contributed by atoms with Crippen molar-refractivity contribution in [2.24, 2.45) is 5.41 Å². The first-order valence-electron chi connectivity index (χ1n) is 9.71. The second kappa shape index (κ2) is 8.15. The highest BCUT2D eigenvalue weighted by Gasteiger charge is 2.31. The number of anilines is 1. The first-order chi connectivity index (χ1) is 13.3. The maximum absolute atomic E-state index is 13.3. The zero-order valence-electron chi connectivity index (χ0n) is 17.1. The van der Waals surface area contributed by atoms with Gasteiger partial charge in [-0.05, 0) is 30.8 Å². The van der Waals surface area contributed by atoms with Crippen molar-refractivity contribution >= 4 is 17.5 Å². The summed E-state index contributed by atoms with van der Waals surface area (Å²) in [5, 5.41) is 2.91. The molecule has 1 N–H and O–H groups in total. The summed E-state index contributed by atoms with van der Waals surface area (Å²) in [6, 6.07) is 17.4. The molecule has 1 fully saturated rings. The van der Waals surface area contributed by atoms with E-state index in [4.69, 9.17) is 0 Å². The summed E-state index contributed by atoms with van der Waals surface area (Å²) < 4.78 is 0. The second-order valence-electron chi connectivity index (χ2n) is 8.47. The number of carbonyl (C=O) groups excluding carboxylic acids is 2. The topological polar surface area (TPSA) is 52.6 Å². The van der Waals surface area contributed by atoms with Crippen LogP contribution in [0.5, 0.6) is 0 Å². The van der Waals surface area contributed by atoms with Crippen molar-refractivity contribution in [2.45, 2.75) is 26.8 Å². The van der Waals surface area contributed by atoms with Crippen LogP contribution in [0.15, 0.2) is 54.6 Å². The lowest BCUT2D eigenvalue weighted by atomic mass is 9.95. The van der Waals surface area contributed by atoms with Crippen LogP contribution in [0.3, 0.4) is 0 Å². The summed E-state index contributed by atoms with van der Waals surface area (Å²) in [5.74, 6) is -0.0762. The standard InChI is InChI=1S/C23H29N3O2/c1-23(2,3)22(28)24-19-12-8-11-18(15-19)21(27)26-14-13-25(4)16-20(26)17-9-6-5-7-10-17/h5-12,15,20H,13-14,16H2,1-4H3,(H,24,28)/t20-/m1/s1. The molecule has 1 saturated heterocycles. The van der Waals surface area contributed by atoms with Gasteiger partial charge in [-0.25, -0.2) is 0 Å². The summed E-state index contributed by atoms with van der Waals surface area (Å²) in [5.41, 5.74) is 1.89. The van der Waals surface area contributed by atoms with Gasteiger partial charge in [0.2, 0.25) is 5.91 Å². The van der Waals surface area contributed by atoms with Crippen LogP contribution >= 0.6 is 0 Å². The number of amides is 2. The van der Waals surface area contributed by atoms with E-state index in [2.05, 4.69) is 29.4 Å². The number of piperazine rings is 1. The molecule has 0 saturated carbocycles. The van der Waals surface area contributed by atoms with Crippen LogP contribution in [0.4, 0.5) is 5.69 Å². The normalized spacial score (nSPS) is 18.0. The Labute approximate surface area is 167 Å². The second-order valence-corrected chi connectivity index (χ2v) is 8.47. The third kappa shape index (κ3) is 4.60. The fraction of sp³-hybridized carbons (Fsp3) is 0.391. The van der Waals surface area contributed by atoms with Gasteiger partial charge >= 0.3 is 0 Å². The average molecular weight is 380 g/mol. The van der Waals surface area contributed by atoms with Crippen molar-refractivity contribution in [3.63, 3.8) is 0 Å². The molecule has 2 amide bonds. The maximum Gasteiger partial charge on any atom is 0.254 e. The molecule has 3 rings (SSSR count). The van der Waals surface area contributed by atoms with E-state index >= 15 is 0 Å². The molecule has 1 heterocycles. The van der Waals surface area contributed by atoms with E-state index in [1.54, 1.807) is 6.07 Å². The summed E-state index contributed by atoms with van der Waals surface area (Å²) in [6.45, 7) is 7.92. The molecule has 2 aromatic carbocycles. The van der Waals surface area contributed by atoms with Gasteiger partial charge in [0, 0.05) is 36.3 Å². The van der Waals surface area contributed by atoms with Crippen molar-refractivity contribution in [1.29, 1.82) is 0 Å². The predicted octanol–water partition coefficient (Wildman–Crippen LogP) is 3.80. The minimum absolute atomic E-state index is 0.00573. The summed E-state index contributed by atoms with van der Waals surface area (Å²) in [7, 11) is 2.08. The van der Waals surface area contributed by atoms with Gasteiger partial charge in [0.1, 0.15) is 0 Å². The molecule has 0 aromatic heterocycles. The van der Waals surface area contributed by atoms with Crippen molar-refractivity contribution in [3.05, 3.63) is 65.7 Å². The molecule has 28 heavy (non-hydrogen) atoms. The summed E-state index contributed by atoms with van der Waals surface area (Å²) in [6.07, 6.45) is 0. The molecule has 148 valence electrons. The molecule has 0 bridgehead atoms. The highest BCUT2D eigenvalue weighted by Crippen LogP contribution is 2.27. The first kappa shape index (κ1) is 20.1. The Kier molecular flexibility index (Phi) is 5.84. The van der Waals surface area contributed by atoms with E-state index in [0.29, 0.717) is 17.8 Å². The van der Waals surface area contributed by atoms with Crippen LogP contribution in [0.2, 0.25) is 0 Å². The zero-order chi connectivity index (χ0) is 20.3. The van der Waals surface area contributed by atoms with Crippen molar-refractivity contribution in [2.75, 3.05) is 32.0 Å². The lowest BCUT2D eigenvalue weighted by Crippen LogP contribution is -2.49. The first-order valence-corrected chi connectivity index (χ1v) is 9.71. The van der Waals surface area contributed by atoms with E-state index in [-0.39, 0.29) is 17.9 Å². The molecule has 0 spiro atoms. The SMILES string of the molecule is CN1CCN(C(=O)c2cccc(NC(=O)C(C)(C)C)c2)[C@@H](c2ccccc2)C1. The average Bonchev–Trinajstić information content (AvgIpc) is 2.67. The van der Waals surface area contributed by atoms with Crippen molar-refractivity contribution < 1.29 is 9.59 Å². The molecular weight excluding hydrogens is 350 g/mol. The van der Waals surface area contributed by atoms with Crippen LogP contribution in [-0.4, -0.2) is 48.3 Å². The van der Waals surface area contributed by atoms with Gasteiger partial charge in [-0.1, -0.05) is 57.2 Å². The van der Waals surface area contributed by atoms with E-state index in [0.717, 1.165) is 18.7 Å². The minimum atomic E-state index is -0.490. The Morgan fingerprint density at radius 3 is 2.39 bits per heavy atom. The predicted molar refractivity (Wildman–Crippen MR) is 112 cm³/mol. The fourth-order valence-corrected chi connectivity index (χ4v) is 3.34. The number of benzene rings is 2. The molecule has 1 aliphatic heterocycles. The lowest BCUT2D eigenvalue weighted by Gasteiger charge is -2.40. The monoisotopic (exact) mass is 379 g/mol. The number of nitrogens with one attached hydrogen (secondary N) is 1. The molecule has 1 aliphatic rings. The molecule has 1 atom stereocenters. The zero-order valence-corrected chi connectivity index (χ0v) is 17.1. The Bertz CT molecular complexity index is 842. The Hall–Kier alpha value is -2.66. The van der Waals surface area contributed by atoms with Gasteiger partial charge in [-0.2, -0.15) is 0 Å². The third-order valence-corrected chi connectivity index (χ3v) is 5.08. The number of nitrogens with zero attached hydrogens (tertiary/aromatic N) is 2. The number of likely N-dealkylation sites (N-methyl/N-ethyl adjacent to an activating group) is 1. The Balaban J connectivity index is 1.84. The molecule has 2 aromatic rings. The fourth-order valence-electron chi connectivity index (χ4n) is 3.34. The summed E-state index contributed by atoms with van der Waals surface area (Å²) in [4.78, 5) is 29.8. The van der Waals surface area contributed by atoms with Gasteiger partial charge < -0.3 is 15.1 Å². The molecule has 5 heteroatoms. The smallest absolute Gasteiger partial charge is 0.254 e. The molecular formula is C23H29N3O2. The van der Waals surface area contributed by atoms with Crippen LogP contribution in [0, 0.1) is 5.41 Å². The van der Waals surface area contributed by atoms with Crippen LogP contribution in [0.25, 0.3) is 0 Å². The van der Waals surface area contributed by atoms with Gasteiger partial charge in [-0.3, -0.25) is 9.59 Å². The molecule has 0 unspecified atom stereocenters.